The van der Waals surface area contributed by atoms with E-state index >= 15 is 0 Å². The molecule has 0 heterocycles. The van der Waals surface area contributed by atoms with Crippen molar-refractivity contribution in [3.05, 3.63) is 0 Å². The molecule has 0 bridgehead atoms. The van der Waals surface area contributed by atoms with Gasteiger partial charge in [0.2, 0.25) is 0 Å². The lowest BCUT2D eigenvalue weighted by Crippen LogP contribution is -2.36. The molecule has 0 saturated heterocycles. The van der Waals surface area contributed by atoms with Crippen molar-refractivity contribution in [3.63, 3.8) is 0 Å². The van der Waals surface area contributed by atoms with Crippen LogP contribution in [-0.4, -0.2) is 65.3 Å². The van der Waals surface area contributed by atoms with E-state index in [0.717, 1.165) is 0 Å². The van der Waals surface area contributed by atoms with E-state index in [1.165, 1.54) is 6.92 Å². The van der Waals surface area contributed by atoms with E-state index in [-0.39, 0.29) is 12.8 Å². The van der Waals surface area contributed by atoms with Gasteiger partial charge >= 0.3 is 12.4 Å². The molecule has 16 heteroatoms. The lowest BCUT2D eigenvalue weighted by Gasteiger charge is -2.16. The van der Waals surface area contributed by atoms with Gasteiger partial charge in [-0.1, -0.05) is 52.4 Å². The first-order chi connectivity index (χ1) is 14.1. The Morgan fingerprint density at radius 2 is 0.875 bits per heavy atom. The Morgan fingerprint density at radius 3 is 1.00 bits per heavy atom. The Bertz CT molecular complexity index is 617. The molecule has 0 spiro atoms. The summed E-state index contributed by atoms with van der Waals surface area (Å²) < 4.78 is 131. The summed E-state index contributed by atoms with van der Waals surface area (Å²) in [5, 5.41) is 9.95. The molecule has 0 aromatic carbocycles. The zero-order valence-electron chi connectivity index (χ0n) is 17.9. The van der Waals surface area contributed by atoms with Gasteiger partial charge in [0.1, 0.15) is 6.29 Å². The SMILES string of the molecule is CC(O)O.CCCCCC(C(F)(F)F)S(=O)(=O)O.CCCCCC(C(F)(F)F)S(=O)(=O)O. The average Bonchev–Trinajstić information content (AvgIpc) is 2.51. The molecule has 0 rings (SSSR count). The van der Waals surface area contributed by atoms with Crippen molar-refractivity contribution < 1.29 is 62.5 Å². The van der Waals surface area contributed by atoms with Gasteiger partial charge in [0.25, 0.3) is 20.2 Å². The van der Waals surface area contributed by atoms with E-state index in [9.17, 15) is 43.2 Å². The largest absolute Gasteiger partial charge is 0.407 e. The minimum absolute atomic E-state index is 0.139. The summed E-state index contributed by atoms with van der Waals surface area (Å²) in [6.07, 6.45) is -9.40. The number of aliphatic hydroxyl groups excluding tert-OH is 1. The Morgan fingerprint density at radius 1 is 0.656 bits per heavy atom. The van der Waals surface area contributed by atoms with Crippen LogP contribution in [0.3, 0.4) is 0 Å². The predicted octanol–water partition coefficient (Wildman–Crippen LogP) is 4.09. The number of rotatable bonds is 10. The lowest BCUT2D eigenvalue weighted by molar-refractivity contribution is -0.133. The van der Waals surface area contributed by atoms with Gasteiger partial charge in [-0.25, -0.2) is 0 Å². The van der Waals surface area contributed by atoms with Crippen molar-refractivity contribution >= 4 is 20.2 Å². The fraction of sp³-hybridized carbons (Fsp3) is 1.00. The van der Waals surface area contributed by atoms with Crippen LogP contribution in [0.15, 0.2) is 0 Å². The van der Waals surface area contributed by atoms with Crippen LogP contribution < -0.4 is 0 Å². The molecule has 198 valence electrons. The summed E-state index contributed by atoms with van der Waals surface area (Å²) in [5.74, 6) is 0. The first-order valence-electron chi connectivity index (χ1n) is 9.54. The molecule has 4 N–H and O–H groups in total. The van der Waals surface area contributed by atoms with Gasteiger partial charge in [0, 0.05) is 0 Å². The normalized spacial score (nSPS) is 14.7. The van der Waals surface area contributed by atoms with Crippen LogP contribution in [-0.2, 0) is 20.2 Å². The standard InChI is InChI=1S/2C7H13F3O3S.C2H6O2/c2*1-2-3-4-5-6(7(8,9)10)14(11,12)13;1-2(3)4/h2*6H,2-5H2,1H3,(H,11,12,13);2-4H,1H3. The fourth-order valence-electron chi connectivity index (χ4n) is 2.12. The second-order valence-electron chi connectivity index (χ2n) is 6.71. The maximum absolute atomic E-state index is 12.1. The zero-order valence-corrected chi connectivity index (χ0v) is 19.5. The second kappa shape index (κ2) is 16.0. The molecule has 2 unspecified atom stereocenters. The highest BCUT2D eigenvalue weighted by Gasteiger charge is 2.48. The van der Waals surface area contributed by atoms with E-state index in [2.05, 4.69) is 0 Å². The third-order valence-electron chi connectivity index (χ3n) is 3.59. The molecule has 0 radical (unpaired) electrons. The van der Waals surface area contributed by atoms with E-state index < -0.39 is 62.2 Å². The average molecular weight is 531 g/mol. The highest BCUT2D eigenvalue weighted by Crippen LogP contribution is 2.30. The highest BCUT2D eigenvalue weighted by atomic mass is 32.2. The molecule has 0 aromatic rings. The molecular formula is C16H32F6O8S2. The number of aliphatic hydroxyl groups is 2. The number of hydrogen-bond acceptors (Lipinski definition) is 6. The molecule has 0 aliphatic carbocycles. The molecule has 0 aliphatic rings. The number of hydrogen-bond donors (Lipinski definition) is 4. The van der Waals surface area contributed by atoms with Crippen molar-refractivity contribution in [1.29, 1.82) is 0 Å². The molecule has 0 aliphatic heterocycles. The maximum Gasteiger partial charge on any atom is 0.407 e. The topological polar surface area (TPSA) is 149 Å². The molecule has 0 aromatic heterocycles. The second-order valence-corrected chi connectivity index (χ2v) is 9.91. The monoisotopic (exact) mass is 530 g/mol. The Hall–Kier alpha value is -0.680. The summed E-state index contributed by atoms with van der Waals surface area (Å²) in [6, 6.07) is 0. The van der Waals surface area contributed by atoms with Gasteiger partial charge in [-0.3, -0.25) is 9.11 Å². The van der Waals surface area contributed by atoms with Crippen molar-refractivity contribution in [2.24, 2.45) is 0 Å². The van der Waals surface area contributed by atoms with Crippen molar-refractivity contribution in [2.45, 2.75) is 101 Å². The predicted molar refractivity (Wildman–Crippen MR) is 105 cm³/mol. The molecular weight excluding hydrogens is 498 g/mol. The van der Waals surface area contributed by atoms with E-state index in [1.807, 2.05) is 0 Å². The van der Waals surface area contributed by atoms with Crippen molar-refractivity contribution in [2.75, 3.05) is 0 Å². The van der Waals surface area contributed by atoms with Gasteiger partial charge in [-0.05, 0) is 19.8 Å². The van der Waals surface area contributed by atoms with Crippen molar-refractivity contribution in [1.82, 2.24) is 0 Å². The van der Waals surface area contributed by atoms with Crippen LogP contribution in [0.4, 0.5) is 26.3 Å². The first-order valence-corrected chi connectivity index (χ1v) is 12.5. The van der Waals surface area contributed by atoms with Gasteiger partial charge in [0.15, 0.2) is 10.5 Å². The van der Waals surface area contributed by atoms with Crippen LogP contribution >= 0.6 is 0 Å². The first kappa shape index (κ1) is 35.9. The van der Waals surface area contributed by atoms with E-state index in [0.29, 0.717) is 25.7 Å². The van der Waals surface area contributed by atoms with Crippen molar-refractivity contribution in [3.8, 4) is 0 Å². The zero-order chi connectivity index (χ0) is 26.4. The molecule has 8 nitrogen and oxygen atoms in total. The van der Waals surface area contributed by atoms with Gasteiger partial charge in [0.05, 0.1) is 0 Å². The maximum atomic E-state index is 12.1. The van der Waals surface area contributed by atoms with E-state index in [4.69, 9.17) is 19.3 Å². The van der Waals surface area contributed by atoms with Gasteiger partial charge in [-0.15, -0.1) is 0 Å². The van der Waals surface area contributed by atoms with Crippen LogP contribution in [0.2, 0.25) is 0 Å². The van der Waals surface area contributed by atoms with Gasteiger partial charge in [-0.2, -0.15) is 43.2 Å². The molecule has 0 fully saturated rings. The molecule has 0 amide bonds. The number of alkyl halides is 6. The van der Waals surface area contributed by atoms with Crippen LogP contribution in [0.25, 0.3) is 0 Å². The molecule has 32 heavy (non-hydrogen) atoms. The van der Waals surface area contributed by atoms with E-state index in [1.54, 1.807) is 13.8 Å². The Kier molecular flexibility index (Phi) is 18.0. The van der Waals surface area contributed by atoms with Gasteiger partial charge < -0.3 is 10.2 Å². The smallest absolute Gasteiger partial charge is 0.368 e. The number of halogens is 6. The summed E-state index contributed by atoms with van der Waals surface area (Å²) >= 11 is 0. The summed E-state index contributed by atoms with van der Waals surface area (Å²) in [4.78, 5) is 0. The molecule has 2 atom stereocenters. The Labute approximate surface area is 184 Å². The highest BCUT2D eigenvalue weighted by molar-refractivity contribution is 7.86. The quantitative estimate of drug-likeness (QED) is 0.143. The third-order valence-corrected chi connectivity index (χ3v) is 6.03. The van der Waals surface area contributed by atoms with Crippen LogP contribution in [0, 0.1) is 0 Å². The summed E-state index contributed by atoms with van der Waals surface area (Å²) in [7, 11) is -10.1. The van der Waals surface area contributed by atoms with Crippen LogP contribution in [0.1, 0.15) is 72.1 Å². The number of unbranched alkanes of at least 4 members (excludes halogenated alkanes) is 4. The minimum atomic E-state index is -5.03. The third kappa shape index (κ3) is 21.2. The Balaban J connectivity index is -0.000000450. The minimum Gasteiger partial charge on any atom is -0.368 e. The fourth-order valence-corrected chi connectivity index (χ4v) is 3.73. The molecule has 0 saturated carbocycles. The summed E-state index contributed by atoms with van der Waals surface area (Å²) in [5.41, 5.74) is 0. The lowest BCUT2D eigenvalue weighted by atomic mass is 10.1. The summed E-state index contributed by atoms with van der Waals surface area (Å²) in [6.45, 7) is 4.85. The van der Waals surface area contributed by atoms with Crippen LogP contribution in [0.5, 0.6) is 0 Å².